The summed E-state index contributed by atoms with van der Waals surface area (Å²) in [5, 5.41) is 0. The molecule has 20 heavy (non-hydrogen) atoms. The summed E-state index contributed by atoms with van der Waals surface area (Å²) in [4.78, 5) is 8.18. The second-order valence-corrected chi connectivity index (χ2v) is 6.37. The van der Waals surface area contributed by atoms with Crippen LogP contribution in [0.4, 0.5) is 0 Å². The van der Waals surface area contributed by atoms with Gasteiger partial charge < -0.3 is 4.74 Å². The second kappa shape index (κ2) is 6.57. The van der Waals surface area contributed by atoms with Crippen LogP contribution >= 0.6 is 0 Å². The van der Waals surface area contributed by atoms with Crippen LogP contribution in [0.2, 0.25) is 0 Å². The van der Waals surface area contributed by atoms with Crippen LogP contribution in [0.3, 0.4) is 0 Å². The molecule has 112 valence electrons. The smallest absolute Gasteiger partial charge is 0.282 e. The van der Waals surface area contributed by atoms with Crippen LogP contribution in [0.1, 0.15) is 25.6 Å². The van der Waals surface area contributed by atoms with E-state index < -0.39 is 10.2 Å². The summed E-state index contributed by atoms with van der Waals surface area (Å²) in [6, 6.07) is 0. The van der Waals surface area contributed by atoms with Gasteiger partial charge in [0.2, 0.25) is 0 Å². The van der Waals surface area contributed by atoms with Crippen LogP contribution in [0.25, 0.3) is 0 Å². The Hall–Kier alpha value is -1.09. The number of ether oxygens (including phenoxy) is 1. The molecule has 1 aliphatic rings. The van der Waals surface area contributed by atoms with Crippen LogP contribution < -0.4 is 0 Å². The van der Waals surface area contributed by atoms with E-state index in [-0.39, 0.29) is 12.6 Å². The van der Waals surface area contributed by atoms with Crippen molar-refractivity contribution >= 4 is 10.2 Å². The van der Waals surface area contributed by atoms with E-state index in [2.05, 4.69) is 9.97 Å². The van der Waals surface area contributed by atoms with Crippen molar-refractivity contribution in [3.63, 3.8) is 0 Å². The van der Waals surface area contributed by atoms with E-state index in [1.807, 2.05) is 13.8 Å². The van der Waals surface area contributed by atoms with E-state index in [1.165, 1.54) is 8.61 Å². The minimum absolute atomic E-state index is 0.275. The molecule has 1 saturated heterocycles. The van der Waals surface area contributed by atoms with E-state index in [1.54, 1.807) is 18.6 Å². The van der Waals surface area contributed by atoms with Crippen molar-refractivity contribution in [2.24, 2.45) is 0 Å². The van der Waals surface area contributed by atoms with Gasteiger partial charge in [0.15, 0.2) is 0 Å². The fourth-order valence-electron chi connectivity index (χ4n) is 2.20. The van der Waals surface area contributed by atoms with Gasteiger partial charge >= 0.3 is 0 Å². The topological polar surface area (TPSA) is 75.6 Å². The summed E-state index contributed by atoms with van der Waals surface area (Å²) in [5.74, 6) is 0. The Labute approximate surface area is 119 Å². The Bertz CT molecular complexity index is 519. The molecule has 1 fully saturated rings. The molecular weight excluding hydrogens is 280 g/mol. The molecule has 0 N–H and O–H groups in total. The van der Waals surface area contributed by atoms with E-state index in [0.717, 1.165) is 0 Å². The predicted octanol–water partition coefficient (Wildman–Crippen LogP) is 0.436. The first kappa shape index (κ1) is 15.3. The third-order valence-electron chi connectivity index (χ3n) is 3.30. The number of nitrogens with zero attached hydrogens (tertiary/aromatic N) is 4. The highest BCUT2D eigenvalue weighted by Crippen LogP contribution is 2.22. The summed E-state index contributed by atoms with van der Waals surface area (Å²) >= 11 is 0. The molecule has 7 nitrogen and oxygen atoms in total. The molecule has 1 aromatic rings. The lowest BCUT2D eigenvalue weighted by Crippen LogP contribution is -2.49. The highest BCUT2D eigenvalue weighted by Gasteiger charge is 2.33. The average Bonchev–Trinajstić information content (AvgIpc) is 2.49. The fraction of sp³-hybridized carbons (Fsp3) is 0.667. The highest BCUT2D eigenvalue weighted by atomic mass is 32.2. The average molecular weight is 300 g/mol. The third kappa shape index (κ3) is 3.14. The molecule has 2 heterocycles. The second-order valence-electron chi connectivity index (χ2n) is 4.44. The number of hydrogen-bond acceptors (Lipinski definition) is 5. The monoisotopic (exact) mass is 300 g/mol. The minimum atomic E-state index is -3.43. The van der Waals surface area contributed by atoms with Crippen LogP contribution in [-0.2, 0) is 14.9 Å². The molecule has 1 aliphatic heterocycles. The first-order chi connectivity index (χ1) is 9.59. The van der Waals surface area contributed by atoms with Crippen molar-refractivity contribution < 1.29 is 13.2 Å². The van der Waals surface area contributed by atoms with E-state index >= 15 is 0 Å². The molecule has 0 radical (unpaired) electrons. The summed E-state index contributed by atoms with van der Waals surface area (Å²) in [7, 11) is -3.43. The summed E-state index contributed by atoms with van der Waals surface area (Å²) < 4.78 is 33.5. The van der Waals surface area contributed by atoms with Crippen molar-refractivity contribution in [1.29, 1.82) is 0 Å². The number of hydrogen-bond donors (Lipinski definition) is 0. The maximum absolute atomic E-state index is 12.5. The predicted molar refractivity (Wildman–Crippen MR) is 74.1 cm³/mol. The molecule has 8 heteroatoms. The number of aromatic nitrogens is 2. The SMILES string of the molecule is CCN(CC)S(=O)(=O)N1CCO[C@@H](c2cnccn2)C1. The van der Waals surface area contributed by atoms with Crippen LogP contribution in [0.5, 0.6) is 0 Å². The lowest BCUT2D eigenvalue weighted by atomic mass is 10.2. The molecule has 0 saturated carbocycles. The molecule has 0 aromatic carbocycles. The van der Waals surface area contributed by atoms with Gasteiger partial charge in [0, 0.05) is 38.6 Å². The van der Waals surface area contributed by atoms with Gasteiger partial charge in [0.1, 0.15) is 6.10 Å². The Morgan fingerprint density at radius 2 is 2.15 bits per heavy atom. The van der Waals surface area contributed by atoms with Gasteiger partial charge in [-0.1, -0.05) is 13.8 Å². The van der Waals surface area contributed by atoms with Crippen molar-refractivity contribution in [2.75, 3.05) is 32.8 Å². The molecule has 0 spiro atoms. The minimum Gasteiger partial charge on any atom is -0.369 e. The maximum Gasteiger partial charge on any atom is 0.282 e. The van der Waals surface area contributed by atoms with E-state index in [4.69, 9.17) is 4.74 Å². The summed E-state index contributed by atoms with van der Waals surface area (Å²) in [6.07, 6.45) is 4.41. The highest BCUT2D eigenvalue weighted by molar-refractivity contribution is 7.86. The lowest BCUT2D eigenvalue weighted by Gasteiger charge is -2.34. The third-order valence-corrected chi connectivity index (χ3v) is 5.45. The van der Waals surface area contributed by atoms with E-state index in [0.29, 0.717) is 31.9 Å². The van der Waals surface area contributed by atoms with Crippen LogP contribution in [-0.4, -0.2) is 59.8 Å². The quantitative estimate of drug-likeness (QED) is 0.788. The van der Waals surface area contributed by atoms with Gasteiger partial charge in [-0.25, -0.2) is 0 Å². The van der Waals surface area contributed by atoms with Crippen LogP contribution in [0, 0.1) is 0 Å². The first-order valence-electron chi connectivity index (χ1n) is 6.72. The zero-order valence-corrected chi connectivity index (χ0v) is 12.6. The maximum atomic E-state index is 12.5. The summed E-state index contributed by atoms with van der Waals surface area (Å²) in [5.41, 5.74) is 0.659. The molecule has 0 bridgehead atoms. The number of rotatable bonds is 5. The zero-order chi connectivity index (χ0) is 14.6. The van der Waals surface area contributed by atoms with Gasteiger partial charge in [-0.15, -0.1) is 0 Å². The Morgan fingerprint density at radius 1 is 1.40 bits per heavy atom. The van der Waals surface area contributed by atoms with Crippen molar-refractivity contribution in [3.8, 4) is 0 Å². The largest absolute Gasteiger partial charge is 0.369 e. The van der Waals surface area contributed by atoms with E-state index in [9.17, 15) is 8.42 Å². The van der Waals surface area contributed by atoms with Gasteiger partial charge in [-0.2, -0.15) is 17.0 Å². The van der Waals surface area contributed by atoms with Gasteiger partial charge in [0.05, 0.1) is 18.5 Å². The summed E-state index contributed by atoms with van der Waals surface area (Å²) in [6.45, 7) is 5.61. The Morgan fingerprint density at radius 3 is 2.75 bits per heavy atom. The normalized spacial score (nSPS) is 21.2. The molecule has 1 atom stereocenters. The van der Waals surface area contributed by atoms with Crippen molar-refractivity contribution in [3.05, 3.63) is 24.3 Å². The first-order valence-corrected chi connectivity index (χ1v) is 8.12. The van der Waals surface area contributed by atoms with Gasteiger partial charge in [-0.3, -0.25) is 9.97 Å². The van der Waals surface area contributed by atoms with Gasteiger partial charge in [0.25, 0.3) is 10.2 Å². The zero-order valence-electron chi connectivity index (χ0n) is 11.8. The van der Waals surface area contributed by atoms with Crippen molar-refractivity contribution in [2.45, 2.75) is 20.0 Å². The molecule has 0 amide bonds. The molecule has 0 unspecified atom stereocenters. The Kier molecular flexibility index (Phi) is 5.03. The standard InChI is InChI=1S/C12H20N4O3S/c1-3-15(4-2)20(17,18)16-7-8-19-12(10-16)11-9-13-5-6-14-11/h5-6,9,12H,3-4,7-8,10H2,1-2H3/t12-/m1/s1. The number of morpholine rings is 1. The molecule has 0 aliphatic carbocycles. The lowest BCUT2D eigenvalue weighted by molar-refractivity contribution is -0.00679. The molecule has 1 aromatic heterocycles. The van der Waals surface area contributed by atoms with Crippen molar-refractivity contribution in [1.82, 2.24) is 18.6 Å². The molecule has 2 rings (SSSR count). The molecular formula is C12H20N4O3S. The fourth-order valence-corrected chi connectivity index (χ4v) is 3.81. The Balaban J connectivity index is 2.15. The van der Waals surface area contributed by atoms with Gasteiger partial charge in [-0.05, 0) is 0 Å². The van der Waals surface area contributed by atoms with Crippen LogP contribution in [0.15, 0.2) is 18.6 Å².